The molecule has 118 valence electrons. The summed E-state index contributed by atoms with van der Waals surface area (Å²) in [6.07, 6.45) is 6.19. The van der Waals surface area contributed by atoms with Crippen LogP contribution in [0.25, 0.3) is 0 Å². The lowest BCUT2D eigenvalue weighted by atomic mass is 9.85. The van der Waals surface area contributed by atoms with Crippen molar-refractivity contribution in [3.8, 4) is 0 Å². The summed E-state index contributed by atoms with van der Waals surface area (Å²) in [5, 5.41) is 0. The van der Waals surface area contributed by atoms with Gasteiger partial charge in [0.2, 0.25) is 0 Å². The van der Waals surface area contributed by atoms with Crippen molar-refractivity contribution in [3.05, 3.63) is 0 Å². The Morgan fingerprint density at radius 2 is 1.95 bits per heavy atom. The van der Waals surface area contributed by atoms with E-state index in [9.17, 15) is 0 Å². The van der Waals surface area contributed by atoms with Crippen molar-refractivity contribution in [2.24, 2.45) is 11.3 Å². The third-order valence-corrected chi connectivity index (χ3v) is 7.79. The van der Waals surface area contributed by atoms with Crippen molar-refractivity contribution in [1.29, 1.82) is 0 Å². The van der Waals surface area contributed by atoms with Crippen molar-refractivity contribution in [2.75, 3.05) is 24.7 Å². The van der Waals surface area contributed by atoms with E-state index in [-0.39, 0.29) is 6.29 Å². The average Bonchev–Trinajstić information content (AvgIpc) is 2.47. The Balaban J connectivity index is 1.70. The van der Waals surface area contributed by atoms with Crippen LogP contribution in [0.15, 0.2) is 0 Å². The maximum Gasteiger partial charge on any atom is 0.157 e. The molecule has 0 aromatic carbocycles. The lowest BCUT2D eigenvalue weighted by molar-refractivity contribution is -0.169. The van der Waals surface area contributed by atoms with E-state index < -0.39 is 0 Å². The maximum absolute atomic E-state index is 5.94. The average molecular weight is 319 g/mol. The first-order valence-electron chi connectivity index (χ1n) is 8.04. The molecule has 0 aromatic rings. The molecular formula is C16H30O2S2. The fourth-order valence-electron chi connectivity index (χ4n) is 3.11. The number of thioether (sulfide) groups is 2. The first-order valence-corrected chi connectivity index (χ1v) is 10.1. The Bertz CT molecular complexity index is 272. The van der Waals surface area contributed by atoms with E-state index in [4.69, 9.17) is 9.47 Å². The molecule has 2 rings (SSSR count). The van der Waals surface area contributed by atoms with E-state index in [0.717, 1.165) is 24.2 Å². The van der Waals surface area contributed by atoms with Crippen LogP contribution in [-0.4, -0.2) is 35.6 Å². The highest BCUT2D eigenvalue weighted by Crippen LogP contribution is 2.45. The van der Waals surface area contributed by atoms with Crippen LogP contribution < -0.4 is 0 Å². The Labute approximate surface area is 133 Å². The van der Waals surface area contributed by atoms with Gasteiger partial charge in [-0.1, -0.05) is 20.8 Å². The lowest BCUT2D eigenvalue weighted by Crippen LogP contribution is -2.31. The standard InChI is InChI=1S/C16H30O2S2/c1-13(12-18-14-7-4-5-8-17-14)11-16(2,3)15-19-9-6-10-20-15/h13-15H,4-12H2,1-3H3/t13-,14?/m1/s1. The number of hydrogen-bond acceptors (Lipinski definition) is 4. The highest BCUT2D eigenvalue weighted by Gasteiger charge is 2.33. The highest BCUT2D eigenvalue weighted by atomic mass is 32.2. The minimum atomic E-state index is 0.0627. The molecule has 2 atom stereocenters. The molecule has 2 aliphatic heterocycles. The molecule has 0 spiro atoms. The molecule has 0 N–H and O–H groups in total. The Morgan fingerprint density at radius 3 is 2.60 bits per heavy atom. The lowest BCUT2D eigenvalue weighted by Gasteiger charge is -2.38. The molecule has 2 fully saturated rings. The first-order chi connectivity index (χ1) is 9.58. The predicted octanol–water partition coefficient (Wildman–Crippen LogP) is 4.78. The van der Waals surface area contributed by atoms with Gasteiger partial charge in [0, 0.05) is 6.61 Å². The van der Waals surface area contributed by atoms with Gasteiger partial charge >= 0.3 is 0 Å². The van der Waals surface area contributed by atoms with Gasteiger partial charge in [-0.3, -0.25) is 0 Å². The zero-order valence-corrected chi connectivity index (χ0v) is 14.9. The fourth-order valence-corrected chi connectivity index (χ4v) is 6.40. The van der Waals surface area contributed by atoms with E-state index in [0.29, 0.717) is 11.3 Å². The van der Waals surface area contributed by atoms with Crippen molar-refractivity contribution in [2.45, 2.75) is 63.7 Å². The molecule has 2 aliphatic rings. The SMILES string of the molecule is C[C@@H](COC1CCCCO1)CC(C)(C)C1SCCCS1. The topological polar surface area (TPSA) is 18.5 Å². The number of rotatable bonds is 6. The van der Waals surface area contributed by atoms with Crippen molar-refractivity contribution < 1.29 is 9.47 Å². The van der Waals surface area contributed by atoms with E-state index in [1.54, 1.807) is 0 Å². The second-order valence-electron chi connectivity index (χ2n) is 6.85. The van der Waals surface area contributed by atoms with Crippen molar-refractivity contribution >= 4 is 23.5 Å². The molecule has 0 aromatic heterocycles. The van der Waals surface area contributed by atoms with Gasteiger partial charge in [0.05, 0.1) is 11.2 Å². The van der Waals surface area contributed by atoms with Gasteiger partial charge in [0.25, 0.3) is 0 Å². The second kappa shape index (κ2) is 8.30. The largest absolute Gasteiger partial charge is 0.353 e. The molecule has 2 saturated heterocycles. The van der Waals surface area contributed by atoms with E-state index in [1.807, 2.05) is 0 Å². The van der Waals surface area contributed by atoms with Crippen LogP contribution in [0.2, 0.25) is 0 Å². The number of ether oxygens (including phenoxy) is 2. The monoisotopic (exact) mass is 318 g/mol. The van der Waals surface area contributed by atoms with Crippen LogP contribution in [0.4, 0.5) is 0 Å². The summed E-state index contributed by atoms with van der Waals surface area (Å²) in [5.74, 6) is 3.28. The van der Waals surface area contributed by atoms with Crippen LogP contribution in [0.5, 0.6) is 0 Å². The summed E-state index contributed by atoms with van der Waals surface area (Å²) in [7, 11) is 0. The molecule has 0 radical (unpaired) electrons. The molecule has 2 heterocycles. The Morgan fingerprint density at radius 1 is 1.20 bits per heavy atom. The molecule has 2 nitrogen and oxygen atoms in total. The van der Waals surface area contributed by atoms with Crippen LogP contribution in [0.1, 0.15) is 52.9 Å². The van der Waals surface area contributed by atoms with Gasteiger partial charge in [0.1, 0.15) is 0 Å². The molecule has 0 saturated carbocycles. The minimum Gasteiger partial charge on any atom is -0.353 e. The quantitative estimate of drug-likeness (QED) is 0.701. The van der Waals surface area contributed by atoms with Crippen LogP contribution in [-0.2, 0) is 9.47 Å². The first kappa shape index (κ1) is 17.0. The van der Waals surface area contributed by atoms with Gasteiger partial charge in [-0.2, -0.15) is 0 Å². The van der Waals surface area contributed by atoms with E-state index in [1.165, 1.54) is 37.2 Å². The van der Waals surface area contributed by atoms with Gasteiger partial charge in [-0.25, -0.2) is 0 Å². The number of hydrogen-bond donors (Lipinski definition) is 0. The third kappa shape index (κ3) is 5.43. The summed E-state index contributed by atoms with van der Waals surface area (Å²) in [6.45, 7) is 8.89. The maximum atomic E-state index is 5.94. The molecular weight excluding hydrogens is 288 g/mol. The van der Waals surface area contributed by atoms with Crippen LogP contribution in [0, 0.1) is 11.3 Å². The summed E-state index contributed by atoms with van der Waals surface area (Å²) >= 11 is 4.31. The molecule has 0 bridgehead atoms. The van der Waals surface area contributed by atoms with Gasteiger partial charge < -0.3 is 9.47 Å². The molecule has 20 heavy (non-hydrogen) atoms. The smallest absolute Gasteiger partial charge is 0.157 e. The van der Waals surface area contributed by atoms with Crippen molar-refractivity contribution in [1.82, 2.24) is 0 Å². The summed E-state index contributed by atoms with van der Waals surface area (Å²) in [6, 6.07) is 0. The van der Waals surface area contributed by atoms with E-state index in [2.05, 4.69) is 44.3 Å². The molecule has 4 heteroatoms. The molecule has 0 aliphatic carbocycles. The zero-order valence-electron chi connectivity index (χ0n) is 13.2. The Kier molecular flexibility index (Phi) is 7.05. The Hall–Kier alpha value is 0.620. The highest BCUT2D eigenvalue weighted by molar-refractivity contribution is 8.17. The van der Waals surface area contributed by atoms with E-state index >= 15 is 0 Å². The molecule has 1 unspecified atom stereocenters. The summed E-state index contributed by atoms with van der Waals surface area (Å²) < 4.78 is 12.3. The third-order valence-electron chi connectivity index (χ3n) is 4.04. The summed E-state index contributed by atoms with van der Waals surface area (Å²) in [5.41, 5.74) is 0.395. The molecule has 0 amide bonds. The summed E-state index contributed by atoms with van der Waals surface area (Å²) in [4.78, 5) is 0. The minimum absolute atomic E-state index is 0.0627. The van der Waals surface area contributed by atoms with Gasteiger partial charge in [0.15, 0.2) is 6.29 Å². The fraction of sp³-hybridized carbons (Fsp3) is 1.00. The van der Waals surface area contributed by atoms with Gasteiger partial charge in [-0.15, -0.1) is 23.5 Å². The normalized spacial score (nSPS) is 27.4. The van der Waals surface area contributed by atoms with Crippen LogP contribution in [0.3, 0.4) is 0 Å². The second-order valence-corrected chi connectivity index (χ2v) is 9.58. The van der Waals surface area contributed by atoms with Crippen molar-refractivity contribution in [3.63, 3.8) is 0 Å². The zero-order chi connectivity index (χ0) is 14.4. The predicted molar refractivity (Wildman–Crippen MR) is 90.4 cm³/mol. The van der Waals surface area contributed by atoms with Crippen LogP contribution >= 0.6 is 23.5 Å². The van der Waals surface area contributed by atoms with Gasteiger partial charge in [-0.05, 0) is 54.9 Å².